The van der Waals surface area contributed by atoms with Crippen molar-refractivity contribution >= 4 is 5.90 Å². The molecule has 1 N–H and O–H groups in total. The van der Waals surface area contributed by atoms with E-state index in [2.05, 4.69) is 21.3 Å². The van der Waals surface area contributed by atoms with Crippen molar-refractivity contribution in [2.24, 2.45) is 4.99 Å². The summed E-state index contributed by atoms with van der Waals surface area (Å²) in [5.74, 6) is 1.96. The summed E-state index contributed by atoms with van der Waals surface area (Å²) in [5, 5.41) is 3.38. The fourth-order valence-electron chi connectivity index (χ4n) is 4.32. The maximum absolute atomic E-state index is 6.18. The van der Waals surface area contributed by atoms with Crippen LogP contribution in [0.25, 0.3) is 0 Å². The summed E-state index contributed by atoms with van der Waals surface area (Å²) in [6.45, 7) is 5.36. The van der Waals surface area contributed by atoms with Crippen molar-refractivity contribution in [2.75, 3.05) is 32.7 Å². The molecule has 3 fully saturated rings. The Morgan fingerprint density at radius 2 is 1.79 bits per heavy atom. The number of nitrogens with zero attached hydrogens (tertiary/aromatic N) is 3. The molecule has 0 aromatic carbocycles. The zero-order chi connectivity index (χ0) is 16.2. The van der Waals surface area contributed by atoms with Gasteiger partial charge in [-0.15, -0.1) is 0 Å². The first-order chi connectivity index (χ1) is 11.9. The molecule has 0 amide bonds. The molecule has 4 aliphatic rings. The summed E-state index contributed by atoms with van der Waals surface area (Å²) in [6.07, 6.45) is 14.3. The van der Waals surface area contributed by atoms with Crippen LogP contribution in [0, 0.1) is 0 Å². The fraction of sp³-hybridized carbons (Fsp3) is 0.842. The number of hydrogen-bond acceptors (Lipinski definition) is 5. The van der Waals surface area contributed by atoms with Crippen molar-refractivity contribution in [3.8, 4) is 0 Å². The van der Waals surface area contributed by atoms with E-state index in [-0.39, 0.29) is 0 Å². The molecule has 0 bridgehead atoms. The highest BCUT2D eigenvalue weighted by Gasteiger charge is 2.27. The predicted octanol–water partition coefficient (Wildman–Crippen LogP) is 2.70. The lowest BCUT2D eigenvalue weighted by atomic mass is 9.91. The van der Waals surface area contributed by atoms with E-state index in [0.29, 0.717) is 6.10 Å². The molecule has 5 nitrogen and oxygen atoms in total. The Morgan fingerprint density at radius 3 is 2.58 bits per heavy atom. The van der Waals surface area contributed by atoms with Crippen molar-refractivity contribution in [1.82, 2.24) is 15.1 Å². The van der Waals surface area contributed by atoms with Crippen LogP contribution in [0.15, 0.2) is 17.0 Å². The lowest BCUT2D eigenvalue weighted by Gasteiger charge is -2.36. The van der Waals surface area contributed by atoms with Crippen LogP contribution in [-0.2, 0) is 4.74 Å². The molecule has 24 heavy (non-hydrogen) atoms. The Morgan fingerprint density at radius 1 is 0.917 bits per heavy atom. The predicted molar refractivity (Wildman–Crippen MR) is 96.9 cm³/mol. The molecule has 0 radical (unpaired) electrons. The van der Waals surface area contributed by atoms with E-state index in [0.717, 1.165) is 37.4 Å². The first-order valence-electron chi connectivity index (χ1n) is 10.1. The Hall–Kier alpha value is -1.23. The average molecular weight is 332 g/mol. The maximum Gasteiger partial charge on any atom is 0.210 e. The standard InChI is InChI=1S/C19H32N4O/c1-2-8-17(9-3-1)24-19-15-20-14-18(21-19)23-11-5-10-22(12-13-23)16-6-4-7-16/h14,16-17,20H,1-13,15H2. The van der Waals surface area contributed by atoms with Gasteiger partial charge in [0.2, 0.25) is 5.90 Å². The average Bonchev–Trinajstić information content (AvgIpc) is 2.81. The molecule has 1 saturated heterocycles. The molecule has 2 heterocycles. The molecule has 0 spiro atoms. The van der Waals surface area contributed by atoms with Gasteiger partial charge in [-0.25, -0.2) is 0 Å². The first-order valence-corrected chi connectivity index (χ1v) is 10.1. The van der Waals surface area contributed by atoms with Crippen LogP contribution in [0.1, 0.15) is 57.8 Å². The molecule has 0 aromatic heterocycles. The molecule has 5 heteroatoms. The minimum atomic E-state index is 0.386. The van der Waals surface area contributed by atoms with Crippen molar-refractivity contribution in [1.29, 1.82) is 0 Å². The number of aliphatic imine (C=N–C) groups is 1. The quantitative estimate of drug-likeness (QED) is 0.863. The monoisotopic (exact) mass is 332 g/mol. The van der Waals surface area contributed by atoms with E-state index in [4.69, 9.17) is 9.73 Å². The van der Waals surface area contributed by atoms with Gasteiger partial charge in [0.25, 0.3) is 0 Å². The normalized spacial score (nSPS) is 27.6. The molecule has 0 unspecified atom stereocenters. The summed E-state index contributed by atoms with van der Waals surface area (Å²) < 4.78 is 6.18. The van der Waals surface area contributed by atoms with E-state index < -0.39 is 0 Å². The van der Waals surface area contributed by atoms with Gasteiger partial charge in [0.15, 0.2) is 0 Å². The number of hydrogen-bond donors (Lipinski definition) is 1. The summed E-state index contributed by atoms with van der Waals surface area (Å²) >= 11 is 0. The highest BCUT2D eigenvalue weighted by molar-refractivity contribution is 5.80. The van der Waals surface area contributed by atoms with Gasteiger partial charge in [-0.1, -0.05) is 12.8 Å². The molecule has 2 saturated carbocycles. The topological polar surface area (TPSA) is 40.1 Å². The van der Waals surface area contributed by atoms with Crippen molar-refractivity contribution < 1.29 is 4.74 Å². The van der Waals surface area contributed by atoms with Crippen LogP contribution in [-0.4, -0.2) is 60.6 Å². The van der Waals surface area contributed by atoms with Crippen molar-refractivity contribution in [3.05, 3.63) is 12.0 Å². The second kappa shape index (κ2) is 7.77. The van der Waals surface area contributed by atoms with E-state index in [9.17, 15) is 0 Å². The van der Waals surface area contributed by atoms with Crippen LogP contribution in [0.2, 0.25) is 0 Å². The third-order valence-corrected chi connectivity index (χ3v) is 6.02. The molecule has 4 rings (SSSR count). The molecule has 0 atom stereocenters. The zero-order valence-corrected chi connectivity index (χ0v) is 14.9. The second-order valence-corrected chi connectivity index (χ2v) is 7.73. The van der Waals surface area contributed by atoms with Crippen molar-refractivity contribution in [3.63, 3.8) is 0 Å². The summed E-state index contributed by atoms with van der Waals surface area (Å²) in [5.41, 5.74) is 0. The number of ether oxygens (including phenoxy) is 1. The Kier molecular flexibility index (Phi) is 5.26. The highest BCUT2D eigenvalue weighted by Crippen LogP contribution is 2.26. The van der Waals surface area contributed by atoms with Crippen molar-refractivity contribution in [2.45, 2.75) is 69.9 Å². The second-order valence-electron chi connectivity index (χ2n) is 7.73. The van der Waals surface area contributed by atoms with Crippen LogP contribution in [0.3, 0.4) is 0 Å². The summed E-state index contributed by atoms with van der Waals surface area (Å²) in [7, 11) is 0. The summed E-state index contributed by atoms with van der Waals surface area (Å²) in [6, 6.07) is 0.858. The van der Waals surface area contributed by atoms with Crippen LogP contribution in [0.5, 0.6) is 0 Å². The minimum absolute atomic E-state index is 0.386. The van der Waals surface area contributed by atoms with Gasteiger partial charge in [0.05, 0.1) is 6.54 Å². The van der Waals surface area contributed by atoms with Crippen LogP contribution < -0.4 is 5.32 Å². The maximum atomic E-state index is 6.18. The third kappa shape index (κ3) is 3.88. The van der Waals surface area contributed by atoms with Gasteiger partial charge in [-0.3, -0.25) is 4.90 Å². The molecule has 0 aromatic rings. The van der Waals surface area contributed by atoms with E-state index >= 15 is 0 Å². The Labute approximate surface area is 146 Å². The van der Waals surface area contributed by atoms with E-state index in [1.807, 2.05) is 0 Å². The Bertz CT molecular complexity index is 480. The lowest BCUT2D eigenvalue weighted by molar-refractivity contribution is 0.132. The van der Waals surface area contributed by atoms with Gasteiger partial charge in [-0.2, -0.15) is 4.99 Å². The molecular weight excluding hydrogens is 300 g/mol. The molecular formula is C19H32N4O. The largest absolute Gasteiger partial charge is 0.476 e. The van der Waals surface area contributed by atoms with Crippen LogP contribution >= 0.6 is 0 Å². The van der Waals surface area contributed by atoms with Gasteiger partial charge in [0.1, 0.15) is 11.9 Å². The van der Waals surface area contributed by atoms with Gasteiger partial charge >= 0.3 is 0 Å². The zero-order valence-electron chi connectivity index (χ0n) is 14.9. The third-order valence-electron chi connectivity index (χ3n) is 6.02. The number of nitrogens with one attached hydrogen (secondary N) is 1. The van der Waals surface area contributed by atoms with Crippen LogP contribution in [0.4, 0.5) is 0 Å². The first kappa shape index (κ1) is 16.2. The highest BCUT2D eigenvalue weighted by atomic mass is 16.5. The fourth-order valence-corrected chi connectivity index (χ4v) is 4.32. The van der Waals surface area contributed by atoms with Gasteiger partial charge in [-0.05, 0) is 44.9 Å². The summed E-state index contributed by atoms with van der Waals surface area (Å²) in [4.78, 5) is 9.98. The van der Waals surface area contributed by atoms with E-state index in [1.54, 1.807) is 0 Å². The number of rotatable bonds is 3. The van der Waals surface area contributed by atoms with E-state index in [1.165, 1.54) is 70.9 Å². The molecule has 2 aliphatic heterocycles. The lowest BCUT2D eigenvalue weighted by Crippen LogP contribution is -2.42. The minimum Gasteiger partial charge on any atom is -0.476 e. The molecule has 2 aliphatic carbocycles. The SMILES string of the molecule is C1=C(N2CCCN(C3CCC3)CC2)N=C(OC2CCCCC2)CN1. The molecule has 134 valence electrons. The Balaban J connectivity index is 1.33. The smallest absolute Gasteiger partial charge is 0.210 e. The van der Waals surface area contributed by atoms with Gasteiger partial charge < -0.3 is 15.0 Å². The van der Waals surface area contributed by atoms with Gasteiger partial charge in [0, 0.05) is 38.4 Å².